The molecule has 5 heteroatoms. The number of rotatable bonds is 3. The molecule has 0 saturated heterocycles. The Morgan fingerprint density at radius 2 is 1.82 bits per heavy atom. The summed E-state index contributed by atoms with van der Waals surface area (Å²) in [6.45, 7) is 2.20. The fourth-order valence-electron chi connectivity index (χ4n) is 2.33. The second-order valence-electron chi connectivity index (χ2n) is 4.93. The van der Waals surface area contributed by atoms with Crippen LogP contribution in [0.15, 0.2) is 59.2 Å². The molecule has 3 rings (SSSR count). The Balaban J connectivity index is 0.00000176. The molecule has 0 aliphatic rings. The van der Waals surface area contributed by atoms with Crippen molar-refractivity contribution in [3.05, 3.63) is 70.5 Å². The predicted molar refractivity (Wildman–Crippen MR) is 85.1 cm³/mol. The highest BCUT2D eigenvalue weighted by atomic mass is 79.9. The molecule has 22 heavy (non-hydrogen) atoms. The SMILES string of the molecule is Cc1n[n+](CC(=O)c2ccc(Br)cc2)cc2ccccc12.[Br-]. The van der Waals surface area contributed by atoms with Crippen LogP contribution in [0, 0.1) is 6.92 Å². The third-order valence-electron chi connectivity index (χ3n) is 3.39. The summed E-state index contributed by atoms with van der Waals surface area (Å²) in [6, 6.07) is 15.4. The van der Waals surface area contributed by atoms with E-state index < -0.39 is 0 Å². The van der Waals surface area contributed by atoms with Crippen molar-refractivity contribution >= 4 is 32.5 Å². The van der Waals surface area contributed by atoms with Crippen LogP contribution in [-0.4, -0.2) is 10.9 Å². The summed E-state index contributed by atoms with van der Waals surface area (Å²) in [5, 5.41) is 6.68. The Morgan fingerprint density at radius 1 is 1.14 bits per heavy atom. The number of hydrogen-bond acceptors (Lipinski definition) is 2. The van der Waals surface area contributed by atoms with Crippen LogP contribution in [0.4, 0.5) is 0 Å². The summed E-state index contributed by atoms with van der Waals surface area (Å²) < 4.78 is 2.67. The molecular formula is C17H14Br2N2O. The third-order valence-corrected chi connectivity index (χ3v) is 3.92. The van der Waals surface area contributed by atoms with E-state index >= 15 is 0 Å². The fraction of sp³-hybridized carbons (Fsp3) is 0.118. The van der Waals surface area contributed by atoms with E-state index in [9.17, 15) is 4.79 Å². The Morgan fingerprint density at radius 3 is 2.55 bits per heavy atom. The van der Waals surface area contributed by atoms with Crippen molar-refractivity contribution in [1.29, 1.82) is 0 Å². The van der Waals surface area contributed by atoms with Crippen LogP contribution in [0.5, 0.6) is 0 Å². The lowest BCUT2D eigenvalue weighted by Crippen LogP contribution is -3.00. The van der Waals surface area contributed by atoms with Crippen LogP contribution in [-0.2, 0) is 6.54 Å². The number of fused-ring (bicyclic) bond motifs is 1. The van der Waals surface area contributed by atoms with Crippen LogP contribution in [0.2, 0.25) is 0 Å². The Kier molecular flexibility index (Phi) is 5.42. The predicted octanol–water partition coefficient (Wildman–Crippen LogP) is 0.480. The number of ketones is 1. The topological polar surface area (TPSA) is 33.8 Å². The zero-order valence-electron chi connectivity index (χ0n) is 12.0. The van der Waals surface area contributed by atoms with Gasteiger partial charge in [-0.15, -0.1) is 0 Å². The second-order valence-corrected chi connectivity index (χ2v) is 5.85. The monoisotopic (exact) mass is 420 g/mol. The largest absolute Gasteiger partial charge is 1.00 e. The molecule has 1 heterocycles. The van der Waals surface area contributed by atoms with Crippen LogP contribution in [0.25, 0.3) is 10.8 Å². The average Bonchev–Trinajstić information content (AvgIpc) is 2.48. The zero-order valence-corrected chi connectivity index (χ0v) is 15.1. The third kappa shape index (κ3) is 3.59. The van der Waals surface area contributed by atoms with Gasteiger partial charge in [-0.2, -0.15) is 0 Å². The summed E-state index contributed by atoms with van der Waals surface area (Å²) in [7, 11) is 0. The quantitative estimate of drug-likeness (QED) is 0.455. The van der Waals surface area contributed by atoms with Gasteiger partial charge in [0.05, 0.1) is 0 Å². The molecule has 0 fully saturated rings. The standard InChI is InChI=1S/C17H14BrN2O.BrH/c1-12-16-5-3-2-4-14(16)10-20(19-12)11-17(21)13-6-8-15(18)9-7-13;/h2-10H,11H2,1H3;1H/q+1;/p-1. The first-order chi connectivity index (χ1) is 10.1. The molecule has 0 amide bonds. The van der Waals surface area contributed by atoms with Gasteiger partial charge >= 0.3 is 0 Å². The summed E-state index contributed by atoms with van der Waals surface area (Å²) in [5.74, 6) is 0.0506. The number of carbonyl (C=O) groups excluding carboxylic acids is 1. The van der Waals surface area contributed by atoms with Gasteiger partial charge in [0.2, 0.25) is 18.5 Å². The van der Waals surface area contributed by atoms with Crippen LogP contribution in [0.1, 0.15) is 16.1 Å². The summed E-state index contributed by atoms with van der Waals surface area (Å²) in [4.78, 5) is 12.3. The molecule has 0 spiro atoms. The molecule has 3 nitrogen and oxygen atoms in total. The van der Waals surface area contributed by atoms with Gasteiger partial charge in [0.25, 0.3) is 0 Å². The molecule has 2 aromatic carbocycles. The molecule has 0 aliphatic carbocycles. The van der Waals surface area contributed by atoms with Crippen molar-refractivity contribution in [3.63, 3.8) is 0 Å². The number of hydrogen-bond donors (Lipinski definition) is 0. The van der Waals surface area contributed by atoms with E-state index in [0.717, 1.165) is 20.9 Å². The van der Waals surface area contributed by atoms with Gasteiger partial charge in [0.15, 0.2) is 0 Å². The fourth-order valence-corrected chi connectivity index (χ4v) is 2.59. The minimum absolute atomic E-state index is 0. The molecule has 0 saturated carbocycles. The lowest BCUT2D eigenvalue weighted by atomic mass is 10.1. The average molecular weight is 422 g/mol. The maximum absolute atomic E-state index is 12.3. The highest BCUT2D eigenvalue weighted by molar-refractivity contribution is 9.10. The lowest BCUT2D eigenvalue weighted by Gasteiger charge is -2.01. The number of aromatic nitrogens is 2. The summed E-state index contributed by atoms with van der Waals surface area (Å²) in [5.41, 5.74) is 1.62. The highest BCUT2D eigenvalue weighted by Gasteiger charge is 2.15. The number of carbonyl (C=O) groups is 1. The molecule has 0 radical (unpaired) electrons. The molecule has 0 unspecified atom stereocenters. The minimum atomic E-state index is 0. The molecule has 0 aliphatic heterocycles. The number of nitrogens with zero attached hydrogens (tertiary/aromatic N) is 2. The summed E-state index contributed by atoms with van der Waals surface area (Å²) >= 11 is 3.37. The van der Waals surface area contributed by atoms with Gasteiger partial charge < -0.3 is 17.0 Å². The smallest absolute Gasteiger partial charge is 0.236 e. The van der Waals surface area contributed by atoms with E-state index in [2.05, 4.69) is 21.0 Å². The Labute approximate surface area is 147 Å². The number of aryl methyl sites for hydroxylation is 1. The van der Waals surface area contributed by atoms with Crippen molar-refractivity contribution in [2.75, 3.05) is 0 Å². The van der Waals surface area contributed by atoms with Gasteiger partial charge in [0, 0.05) is 20.8 Å². The van der Waals surface area contributed by atoms with E-state index in [-0.39, 0.29) is 29.3 Å². The van der Waals surface area contributed by atoms with E-state index in [1.165, 1.54) is 0 Å². The van der Waals surface area contributed by atoms with Crippen molar-refractivity contribution < 1.29 is 26.5 Å². The zero-order chi connectivity index (χ0) is 14.8. The van der Waals surface area contributed by atoms with Crippen molar-refractivity contribution in [1.82, 2.24) is 5.10 Å². The van der Waals surface area contributed by atoms with Crippen molar-refractivity contribution in [2.24, 2.45) is 0 Å². The molecule has 1 aromatic heterocycles. The van der Waals surface area contributed by atoms with Crippen molar-refractivity contribution in [2.45, 2.75) is 13.5 Å². The highest BCUT2D eigenvalue weighted by Crippen LogP contribution is 2.14. The lowest BCUT2D eigenvalue weighted by molar-refractivity contribution is -0.740. The molecule has 0 atom stereocenters. The van der Waals surface area contributed by atoms with Gasteiger partial charge in [-0.3, -0.25) is 4.79 Å². The van der Waals surface area contributed by atoms with Crippen LogP contribution >= 0.6 is 15.9 Å². The normalized spacial score (nSPS) is 10.3. The minimum Gasteiger partial charge on any atom is -1.00 e. The molecule has 112 valence electrons. The van der Waals surface area contributed by atoms with E-state index in [1.54, 1.807) is 4.68 Å². The number of Topliss-reactive ketones (excluding diaryl/α,β-unsaturated/α-hetero) is 1. The van der Waals surface area contributed by atoms with Gasteiger partial charge in [-0.1, -0.05) is 50.9 Å². The van der Waals surface area contributed by atoms with Crippen LogP contribution < -0.4 is 21.7 Å². The van der Waals surface area contributed by atoms with Gasteiger partial charge in [0.1, 0.15) is 5.69 Å². The Hall–Kier alpha value is -1.59. The molecule has 0 N–H and O–H groups in total. The molecular weight excluding hydrogens is 408 g/mol. The van der Waals surface area contributed by atoms with E-state index in [0.29, 0.717) is 5.56 Å². The first-order valence-corrected chi connectivity index (χ1v) is 7.48. The molecule has 0 bridgehead atoms. The first kappa shape index (κ1) is 16.8. The van der Waals surface area contributed by atoms with E-state index in [4.69, 9.17) is 0 Å². The maximum atomic E-state index is 12.3. The van der Waals surface area contributed by atoms with Crippen LogP contribution in [0.3, 0.4) is 0 Å². The van der Waals surface area contributed by atoms with Gasteiger partial charge in [-0.05, 0) is 30.2 Å². The summed E-state index contributed by atoms with van der Waals surface area (Å²) in [6.07, 6.45) is 1.92. The number of benzene rings is 2. The van der Waals surface area contributed by atoms with Crippen molar-refractivity contribution in [3.8, 4) is 0 Å². The molecule has 3 aromatic rings. The van der Waals surface area contributed by atoms with Gasteiger partial charge in [-0.25, -0.2) is 0 Å². The number of halogens is 2. The van der Waals surface area contributed by atoms with E-state index in [1.807, 2.05) is 61.7 Å². The first-order valence-electron chi connectivity index (χ1n) is 6.68. The second kappa shape index (κ2) is 7.11. The Bertz CT molecular complexity index is 817. The maximum Gasteiger partial charge on any atom is 0.236 e.